The van der Waals surface area contributed by atoms with Gasteiger partial charge in [0.2, 0.25) is 5.91 Å². The van der Waals surface area contributed by atoms with Crippen LogP contribution in [0.15, 0.2) is 64.8 Å². The van der Waals surface area contributed by atoms with Gasteiger partial charge >= 0.3 is 11.9 Å². The third-order valence-corrected chi connectivity index (χ3v) is 8.95. The molecular weight excluding hydrogens is 633 g/mol. The summed E-state index contributed by atoms with van der Waals surface area (Å²) in [6.07, 6.45) is -2.93. The van der Waals surface area contributed by atoms with Crippen molar-refractivity contribution in [3.05, 3.63) is 88.4 Å². The van der Waals surface area contributed by atoms with Crippen molar-refractivity contribution in [2.75, 3.05) is 30.8 Å². The summed E-state index contributed by atoms with van der Waals surface area (Å²) < 4.78 is 99.3. The highest BCUT2D eigenvalue weighted by molar-refractivity contribution is 7.90. The Morgan fingerprint density at radius 1 is 1.09 bits per heavy atom. The number of aryl methyl sites for hydroxylation is 1. The van der Waals surface area contributed by atoms with Crippen LogP contribution in [0.5, 0.6) is 0 Å². The second kappa shape index (κ2) is 11.9. The first-order valence-electron chi connectivity index (χ1n) is 14.1. The van der Waals surface area contributed by atoms with E-state index in [4.69, 9.17) is 0 Å². The minimum Gasteiger partial charge on any atom is -0.350 e. The van der Waals surface area contributed by atoms with Gasteiger partial charge < -0.3 is 9.80 Å². The Morgan fingerprint density at radius 2 is 1.78 bits per heavy atom. The van der Waals surface area contributed by atoms with E-state index in [2.05, 4.69) is 16.5 Å². The van der Waals surface area contributed by atoms with Crippen molar-refractivity contribution in [1.82, 2.24) is 19.4 Å². The van der Waals surface area contributed by atoms with Crippen LogP contribution < -0.4 is 10.6 Å². The maximum Gasteiger partial charge on any atom is 0.419 e. The van der Waals surface area contributed by atoms with Crippen LogP contribution in [0.3, 0.4) is 0 Å². The molecule has 0 spiro atoms. The van der Waals surface area contributed by atoms with Gasteiger partial charge in [-0.1, -0.05) is 37.8 Å². The van der Waals surface area contributed by atoms with Gasteiger partial charge in [0.15, 0.2) is 15.5 Å². The predicted molar refractivity (Wildman–Crippen MR) is 162 cm³/mol. The van der Waals surface area contributed by atoms with Crippen LogP contribution in [0, 0.1) is 11.6 Å². The average Bonchev–Trinajstić information content (AvgIpc) is 2.98. The van der Waals surface area contributed by atoms with Crippen LogP contribution >= 0.6 is 0 Å². The van der Waals surface area contributed by atoms with Crippen LogP contribution in [0.1, 0.15) is 25.0 Å². The summed E-state index contributed by atoms with van der Waals surface area (Å²) in [5.41, 5.74) is -4.80. The molecule has 2 aromatic carbocycles. The van der Waals surface area contributed by atoms with Crippen molar-refractivity contribution in [1.29, 1.82) is 0 Å². The number of para-hydroxylation sites is 1. The highest BCUT2D eigenvalue weighted by Crippen LogP contribution is 2.40. The normalized spacial score (nSPS) is 15.8. The van der Waals surface area contributed by atoms with Crippen molar-refractivity contribution in [3.8, 4) is 16.9 Å². The fourth-order valence-corrected chi connectivity index (χ4v) is 6.63. The van der Waals surface area contributed by atoms with Crippen LogP contribution in [0.25, 0.3) is 28.0 Å². The number of halogens is 5. The largest absolute Gasteiger partial charge is 0.419 e. The predicted octanol–water partition coefficient (Wildman–Crippen LogP) is 4.93. The van der Waals surface area contributed by atoms with Crippen LogP contribution in [-0.2, 0) is 27.2 Å². The monoisotopic (exact) mass is 661 g/mol. The number of nitrogens with zero attached hydrogens (tertiary/aromatic N) is 5. The molecule has 9 nitrogen and oxygen atoms in total. The number of carbonyl (C=O) groups excluding carboxylic acids is 1. The Kier molecular flexibility index (Phi) is 8.49. The van der Waals surface area contributed by atoms with E-state index < -0.39 is 61.8 Å². The van der Waals surface area contributed by atoms with Crippen molar-refractivity contribution >= 4 is 32.6 Å². The number of fused-ring (bicyclic) bond motifs is 1. The van der Waals surface area contributed by atoms with Crippen LogP contribution in [0.4, 0.5) is 27.8 Å². The highest BCUT2D eigenvalue weighted by atomic mass is 32.2. The second-order valence-electron chi connectivity index (χ2n) is 10.8. The van der Waals surface area contributed by atoms with Gasteiger partial charge in [0.1, 0.15) is 28.7 Å². The number of piperazine rings is 1. The molecule has 0 aliphatic carbocycles. The standard InChI is InChI=1S/C31H28F5N5O4S/c1-5-18-9-7-12-23(46(4,44)45)27(18)41-29-20(28(38-30(41)43)40-14-13-39(16-17(40)3)24(42)6-2)15-22(33)26(37-29)19-10-8-11-21(32)25(19)31(34,35)36/h6-12,15,17H,2,5,13-14,16H2,1,3-4H3/t17-/m0/s1. The van der Waals surface area contributed by atoms with Gasteiger partial charge in [-0.05, 0) is 43.2 Å². The molecule has 0 N–H and O–H groups in total. The number of pyridine rings is 1. The molecular formula is C31H28F5N5O4S. The summed E-state index contributed by atoms with van der Waals surface area (Å²) in [5.74, 6) is -3.32. The van der Waals surface area contributed by atoms with E-state index in [0.29, 0.717) is 11.6 Å². The van der Waals surface area contributed by atoms with Gasteiger partial charge in [-0.2, -0.15) is 18.2 Å². The molecule has 4 aromatic rings. The third-order valence-electron chi connectivity index (χ3n) is 7.83. The molecule has 0 radical (unpaired) electrons. The molecule has 3 heterocycles. The van der Waals surface area contributed by atoms with E-state index in [0.717, 1.165) is 35.1 Å². The topological polar surface area (TPSA) is 105 Å². The molecule has 1 amide bonds. The summed E-state index contributed by atoms with van der Waals surface area (Å²) in [6, 6.07) is 7.07. The van der Waals surface area contributed by atoms with Gasteiger partial charge in [0.05, 0.1) is 16.0 Å². The van der Waals surface area contributed by atoms with E-state index in [9.17, 15) is 35.6 Å². The Balaban J connectivity index is 1.90. The minimum atomic E-state index is -5.23. The zero-order chi connectivity index (χ0) is 33.7. The first-order valence-corrected chi connectivity index (χ1v) is 16.0. The number of sulfone groups is 1. The number of rotatable bonds is 6. The van der Waals surface area contributed by atoms with Crippen molar-refractivity contribution < 1.29 is 35.2 Å². The van der Waals surface area contributed by atoms with Gasteiger partial charge in [-0.25, -0.2) is 31.5 Å². The summed E-state index contributed by atoms with van der Waals surface area (Å²) in [6.45, 7) is 7.43. The SMILES string of the molecule is C=CC(=O)N1CCN(c2nc(=O)n(-c3c(CC)cccc3S(C)(=O)=O)c3nc(-c4cccc(F)c4C(F)(F)F)c(F)cc23)[C@@H](C)C1. The number of alkyl halides is 3. The molecule has 0 saturated carbocycles. The van der Waals surface area contributed by atoms with Crippen molar-refractivity contribution in [3.63, 3.8) is 0 Å². The Labute approximate surface area is 260 Å². The first kappa shape index (κ1) is 32.7. The van der Waals surface area contributed by atoms with E-state index in [1.54, 1.807) is 24.8 Å². The number of hydrogen-bond donors (Lipinski definition) is 0. The molecule has 1 fully saturated rings. The summed E-state index contributed by atoms with van der Waals surface area (Å²) >= 11 is 0. The maximum absolute atomic E-state index is 16.0. The Morgan fingerprint density at radius 3 is 2.39 bits per heavy atom. The first-order chi connectivity index (χ1) is 21.6. The summed E-state index contributed by atoms with van der Waals surface area (Å²) in [5, 5.41) is -0.119. The Hall–Kier alpha value is -4.66. The summed E-state index contributed by atoms with van der Waals surface area (Å²) in [4.78, 5) is 37.5. The lowest BCUT2D eigenvalue weighted by atomic mass is 10.0. The zero-order valence-corrected chi connectivity index (χ0v) is 25.7. The van der Waals surface area contributed by atoms with Crippen molar-refractivity contribution in [2.45, 2.75) is 37.4 Å². The smallest absolute Gasteiger partial charge is 0.350 e. The minimum absolute atomic E-state index is 0.0717. The summed E-state index contributed by atoms with van der Waals surface area (Å²) in [7, 11) is -4.00. The maximum atomic E-state index is 16.0. The molecule has 1 aliphatic heterocycles. The molecule has 5 rings (SSSR count). The number of aromatic nitrogens is 3. The Bertz CT molecular complexity index is 2060. The third kappa shape index (κ3) is 5.74. The number of hydrogen-bond acceptors (Lipinski definition) is 7. The number of carbonyl (C=O) groups is 1. The van der Waals surface area contributed by atoms with E-state index in [1.165, 1.54) is 17.0 Å². The van der Waals surface area contributed by atoms with Gasteiger partial charge in [-0.15, -0.1) is 0 Å². The molecule has 0 bridgehead atoms. The fourth-order valence-electron chi connectivity index (χ4n) is 5.73. The number of benzene rings is 2. The average molecular weight is 662 g/mol. The van der Waals surface area contributed by atoms with Crippen LogP contribution in [-0.4, -0.2) is 65.7 Å². The molecule has 0 unspecified atom stereocenters. The molecule has 242 valence electrons. The molecule has 46 heavy (non-hydrogen) atoms. The van der Waals surface area contributed by atoms with E-state index in [-0.39, 0.29) is 53.7 Å². The fraction of sp³-hybridized carbons (Fsp3) is 0.290. The quantitative estimate of drug-likeness (QED) is 0.213. The molecule has 1 saturated heterocycles. The second-order valence-corrected chi connectivity index (χ2v) is 12.8. The lowest BCUT2D eigenvalue weighted by Crippen LogP contribution is -2.54. The lowest BCUT2D eigenvalue weighted by molar-refractivity contribution is -0.139. The highest BCUT2D eigenvalue weighted by Gasteiger charge is 2.38. The number of anilines is 1. The van der Waals surface area contributed by atoms with Gasteiger partial charge in [0.25, 0.3) is 0 Å². The van der Waals surface area contributed by atoms with Crippen molar-refractivity contribution in [2.24, 2.45) is 0 Å². The van der Waals surface area contributed by atoms with Crippen LogP contribution in [0.2, 0.25) is 0 Å². The lowest BCUT2D eigenvalue weighted by Gasteiger charge is -2.40. The molecule has 1 aliphatic rings. The molecule has 15 heteroatoms. The van der Waals surface area contributed by atoms with E-state index >= 15 is 4.39 Å². The molecule has 1 atom stereocenters. The van der Waals surface area contributed by atoms with Gasteiger partial charge in [0, 0.05) is 37.5 Å². The zero-order valence-electron chi connectivity index (χ0n) is 24.9. The number of amides is 1. The van der Waals surface area contributed by atoms with Gasteiger partial charge in [-0.3, -0.25) is 4.79 Å². The van der Waals surface area contributed by atoms with E-state index in [1.807, 2.05) is 0 Å². The molecule has 2 aromatic heterocycles.